The van der Waals surface area contributed by atoms with Crippen LogP contribution in [-0.2, 0) is 20.2 Å². The largest absolute Gasteiger partial charge is 0.454 e. The number of benzene rings is 3. The summed E-state index contributed by atoms with van der Waals surface area (Å²) in [5, 5.41) is 3.10. The second-order valence-electron chi connectivity index (χ2n) is 9.84. The van der Waals surface area contributed by atoms with Gasteiger partial charge in [0, 0.05) is 19.3 Å². The molecule has 1 heterocycles. The lowest BCUT2D eigenvalue weighted by molar-refractivity contribution is -0.118. The average molecular weight is 521 g/mol. The SMILES string of the molecule is CCCCN(C)S(=O)(=O)c1ccc(-c2cc(NC(=O)C3(c4ccc5c(c4)OCO5)CC3)ccc2C)cc1. The monoisotopic (exact) mass is 520 g/mol. The number of ether oxygens (including phenoxy) is 2. The van der Waals surface area contributed by atoms with Gasteiger partial charge in [-0.3, -0.25) is 4.79 Å². The molecule has 1 fully saturated rings. The highest BCUT2D eigenvalue weighted by atomic mass is 32.2. The number of sulfonamides is 1. The number of carbonyl (C=O) groups excluding carboxylic acids is 1. The smallest absolute Gasteiger partial charge is 0.242 e. The van der Waals surface area contributed by atoms with Crippen LogP contribution in [0.2, 0.25) is 0 Å². The van der Waals surface area contributed by atoms with Crippen molar-refractivity contribution in [2.45, 2.75) is 49.8 Å². The number of rotatable bonds is 9. The second kappa shape index (κ2) is 9.84. The molecule has 0 spiro atoms. The molecule has 2 aliphatic rings. The number of carbonyl (C=O) groups is 1. The highest BCUT2D eigenvalue weighted by molar-refractivity contribution is 7.89. The van der Waals surface area contributed by atoms with E-state index < -0.39 is 15.4 Å². The van der Waals surface area contributed by atoms with Gasteiger partial charge in [0.25, 0.3) is 0 Å². The predicted octanol–water partition coefficient (Wildman–Crippen LogP) is 5.48. The summed E-state index contributed by atoms with van der Waals surface area (Å²) in [5.74, 6) is 1.34. The van der Waals surface area contributed by atoms with E-state index in [-0.39, 0.29) is 17.6 Å². The molecule has 194 valence electrons. The maximum atomic E-state index is 13.4. The van der Waals surface area contributed by atoms with Gasteiger partial charge in [0.2, 0.25) is 22.7 Å². The number of nitrogens with zero attached hydrogens (tertiary/aromatic N) is 1. The fourth-order valence-electron chi connectivity index (χ4n) is 4.71. The lowest BCUT2D eigenvalue weighted by Gasteiger charge is -2.18. The highest BCUT2D eigenvalue weighted by Gasteiger charge is 2.51. The van der Waals surface area contributed by atoms with Gasteiger partial charge >= 0.3 is 0 Å². The van der Waals surface area contributed by atoms with Crippen LogP contribution in [0.3, 0.4) is 0 Å². The Bertz CT molecular complexity index is 1430. The van der Waals surface area contributed by atoms with E-state index in [1.807, 2.05) is 62.4 Å². The van der Waals surface area contributed by atoms with Crippen LogP contribution in [0, 0.1) is 6.92 Å². The van der Waals surface area contributed by atoms with Crippen molar-refractivity contribution in [1.82, 2.24) is 4.31 Å². The van der Waals surface area contributed by atoms with Gasteiger partial charge < -0.3 is 14.8 Å². The van der Waals surface area contributed by atoms with Crippen LogP contribution in [0.1, 0.15) is 43.7 Å². The number of aryl methyl sites for hydroxylation is 1. The zero-order chi connectivity index (χ0) is 26.2. The Hall–Kier alpha value is -3.36. The summed E-state index contributed by atoms with van der Waals surface area (Å²) in [4.78, 5) is 13.6. The van der Waals surface area contributed by atoms with E-state index >= 15 is 0 Å². The van der Waals surface area contributed by atoms with Crippen molar-refractivity contribution in [3.05, 3.63) is 71.8 Å². The third-order valence-electron chi connectivity index (χ3n) is 7.31. The first-order valence-corrected chi connectivity index (χ1v) is 14.1. The number of hydrogen-bond acceptors (Lipinski definition) is 5. The molecule has 8 heteroatoms. The maximum absolute atomic E-state index is 13.4. The van der Waals surface area contributed by atoms with Crippen LogP contribution in [-0.4, -0.2) is 39.0 Å². The number of anilines is 1. The van der Waals surface area contributed by atoms with Gasteiger partial charge in [-0.15, -0.1) is 0 Å². The first-order valence-electron chi connectivity index (χ1n) is 12.6. The summed E-state index contributed by atoms with van der Waals surface area (Å²) in [6, 6.07) is 18.5. The highest BCUT2D eigenvalue weighted by Crippen LogP contribution is 2.51. The van der Waals surface area contributed by atoms with E-state index in [1.54, 1.807) is 19.2 Å². The summed E-state index contributed by atoms with van der Waals surface area (Å²) >= 11 is 0. The molecule has 1 aliphatic carbocycles. The van der Waals surface area contributed by atoms with E-state index in [0.29, 0.717) is 23.7 Å². The van der Waals surface area contributed by atoms with E-state index in [1.165, 1.54) is 4.31 Å². The summed E-state index contributed by atoms with van der Waals surface area (Å²) in [6.45, 7) is 4.73. The number of unbranched alkanes of at least 4 members (excludes halogenated alkanes) is 1. The van der Waals surface area contributed by atoms with Crippen LogP contribution >= 0.6 is 0 Å². The third-order valence-corrected chi connectivity index (χ3v) is 9.18. The fraction of sp³-hybridized carbons (Fsp3) is 0.345. The number of hydrogen-bond donors (Lipinski definition) is 1. The normalized spacial score (nSPS) is 15.6. The van der Waals surface area contributed by atoms with Crippen molar-refractivity contribution in [2.24, 2.45) is 0 Å². The van der Waals surface area contributed by atoms with Gasteiger partial charge in [0.15, 0.2) is 11.5 Å². The van der Waals surface area contributed by atoms with E-state index in [9.17, 15) is 13.2 Å². The van der Waals surface area contributed by atoms with Gasteiger partial charge in [0.1, 0.15) is 0 Å². The van der Waals surface area contributed by atoms with Crippen molar-refractivity contribution in [2.75, 3.05) is 25.7 Å². The summed E-state index contributed by atoms with van der Waals surface area (Å²) in [6.07, 6.45) is 3.31. The van der Waals surface area contributed by atoms with Crippen molar-refractivity contribution in [1.29, 1.82) is 0 Å². The standard InChI is InChI=1S/C29H32N2O5S/c1-4-5-16-31(3)37(33,34)24-11-7-21(8-12-24)25-18-23(10-6-20(25)2)30-28(32)29(14-15-29)22-9-13-26-27(17-22)36-19-35-26/h6-13,17-18H,4-5,14-16,19H2,1-3H3,(H,30,32). The van der Waals surface area contributed by atoms with Crippen LogP contribution in [0.5, 0.6) is 11.5 Å². The zero-order valence-electron chi connectivity index (χ0n) is 21.4. The molecule has 3 aromatic rings. The summed E-state index contributed by atoms with van der Waals surface area (Å²) in [5.41, 5.74) is 3.93. The van der Waals surface area contributed by atoms with Crippen LogP contribution < -0.4 is 14.8 Å². The number of nitrogens with one attached hydrogen (secondary N) is 1. The molecule has 37 heavy (non-hydrogen) atoms. The Morgan fingerprint density at radius 1 is 1.00 bits per heavy atom. The van der Waals surface area contributed by atoms with E-state index in [0.717, 1.165) is 47.9 Å². The molecular formula is C29H32N2O5S. The quantitative estimate of drug-likeness (QED) is 0.404. The fourth-order valence-corrected chi connectivity index (χ4v) is 5.92. The molecule has 0 atom stereocenters. The summed E-state index contributed by atoms with van der Waals surface area (Å²) < 4.78 is 38.1. The molecule has 0 saturated heterocycles. The van der Waals surface area contributed by atoms with Gasteiger partial charge in [-0.2, -0.15) is 0 Å². The third kappa shape index (κ3) is 4.83. The molecule has 0 aromatic heterocycles. The molecule has 1 aliphatic heterocycles. The van der Waals surface area contributed by atoms with Crippen LogP contribution in [0.25, 0.3) is 11.1 Å². The van der Waals surface area contributed by atoms with Crippen molar-refractivity contribution in [3.8, 4) is 22.6 Å². The van der Waals surface area contributed by atoms with E-state index in [4.69, 9.17) is 9.47 Å². The number of amides is 1. The molecule has 3 aromatic carbocycles. The lowest BCUT2D eigenvalue weighted by Crippen LogP contribution is -2.28. The Morgan fingerprint density at radius 2 is 1.73 bits per heavy atom. The summed E-state index contributed by atoms with van der Waals surface area (Å²) in [7, 11) is -1.91. The molecule has 1 amide bonds. The first-order chi connectivity index (χ1) is 17.7. The Kier molecular flexibility index (Phi) is 6.72. The maximum Gasteiger partial charge on any atom is 0.242 e. The van der Waals surface area contributed by atoms with Crippen molar-refractivity contribution >= 4 is 21.6 Å². The van der Waals surface area contributed by atoms with Gasteiger partial charge in [-0.25, -0.2) is 12.7 Å². The molecular weight excluding hydrogens is 488 g/mol. The number of fused-ring (bicyclic) bond motifs is 1. The first kappa shape index (κ1) is 25.3. The molecule has 0 radical (unpaired) electrons. The van der Waals surface area contributed by atoms with Gasteiger partial charge in [0.05, 0.1) is 10.3 Å². The second-order valence-corrected chi connectivity index (χ2v) is 11.9. The molecule has 7 nitrogen and oxygen atoms in total. The van der Waals surface area contributed by atoms with Crippen molar-refractivity contribution < 1.29 is 22.7 Å². The average Bonchev–Trinajstić information content (AvgIpc) is 3.59. The topological polar surface area (TPSA) is 84.9 Å². The minimum Gasteiger partial charge on any atom is -0.454 e. The molecule has 5 rings (SSSR count). The minimum absolute atomic E-state index is 0.0438. The lowest BCUT2D eigenvalue weighted by atomic mass is 9.94. The van der Waals surface area contributed by atoms with Crippen molar-refractivity contribution in [3.63, 3.8) is 0 Å². The molecule has 0 unspecified atom stereocenters. The van der Waals surface area contributed by atoms with Gasteiger partial charge in [-0.05, 0) is 84.8 Å². The van der Waals surface area contributed by atoms with Crippen LogP contribution in [0.4, 0.5) is 5.69 Å². The zero-order valence-corrected chi connectivity index (χ0v) is 22.2. The molecule has 0 bridgehead atoms. The minimum atomic E-state index is -3.52. The Balaban J connectivity index is 1.35. The molecule has 1 N–H and O–H groups in total. The Morgan fingerprint density at radius 3 is 2.43 bits per heavy atom. The van der Waals surface area contributed by atoms with Gasteiger partial charge in [-0.1, -0.05) is 37.6 Å². The Labute approximate surface area is 218 Å². The predicted molar refractivity (Wildman–Crippen MR) is 143 cm³/mol. The molecule has 1 saturated carbocycles. The van der Waals surface area contributed by atoms with E-state index in [2.05, 4.69) is 5.32 Å². The van der Waals surface area contributed by atoms with Crippen LogP contribution in [0.15, 0.2) is 65.6 Å².